The zero-order chi connectivity index (χ0) is 17.5. The molecular formula is C19H25IO4. The summed E-state index contributed by atoms with van der Waals surface area (Å²) in [5.74, 6) is 0.132. The van der Waals surface area contributed by atoms with Crippen molar-refractivity contribution in [2.45, 2.75) is 61.5 Å². The van der Waals surface area contributed by atoms with Crippen LogP contribution >= 0.6 is 22.6 Å². The monoisotopic (exact) mass is 444 g/mol. The fourth-order valence-corrected chi connectivity index (χ4v) is 6.01. The standard InChI is InChI=1S/C19H25IO4/c1-12(2)19-10-16(18(3,24-19)9-15(19)20)23-11-13-7-5-6-8-14(13)17(21)22-4/h5-8,12,15-16H,9-11H2,1-4H3. The Hall–Kier alpha value is -0.660. The van der Waals surface area contributed by atoms with E-state index in [-0.39, 0.29) is 23.3 Å². The lowest BCUT2D eigenvalue weighted by molar-refractivity contribution is -0.0954. The van der Waals surface area contributed by atoms with Crippen molar-refractivity contribution < 1.29 is 19.0 Å². The van der Waals surface area contributed by atoms with Gasteiger partial charge in [-0.1, -0.05) is 54.6 Å². The van der Waals surface area contributed by atoms with Crippen molar-refractivity contribution in [2.75, 3.05) is 7.11 Å². The summed E-state index contributed by atoms with van der Waals surface area (Å²) in [4.78, 5) is 11.9. The number of benzene rings is 1. The number of halogens is 1. The topological polar surface area (TPSA) is 44.8 Å². The number of fused-ring (bicyclic) bond motifs is 2. The zero-order valence-corrected chi connectivity index (χ0v) is 16.8. The Morgan fingerprint density at radius 1 is 1.38 bits per heavy atom. The molecule has 1 aromatic rings. The second-order valence-corrected chi connectivity index (χ2v) is 8.85. The lowest BCUT2D eigenvalue weighted by atomic mass is 9.75. The van der Waals surface area contributed by atoms with Crippen LogP contribution < -0.4 is 0 Å². The smallest absolute Gasteiger partial charge is 0.338 e. The number of carbonyl (C=O) groups excluding carboxylic acids is 1. The fraction of sp³-hybridized carbons (Fsp3) is 0.632. The molecule has 0 spiro atoms. The largest absolute Gasteiger partial charge is 0.465 e. The van der Waals surface area contributed by atoms with E-state index < -0.39 is 0 Å². The molecule has 0 aliphatic carbocycles. The highest BCUT2D eigenvalue weighted by Crippen LogP contribution is 2.57. The zero-order valence-electron chi connectivity index (χ0n) is 14.7. The Morgan fingerprint density at radius 2 is 2.08 bits per heavy atom. The second kappa shape index (κ2) is 6.57. The van der Waals surface area contributed by atoms with Gasteiger partial charge < -0.3 is 14.2 Å². The number of hydrogen-bond acceptors (Lipinski definition) is 4. The van der Waals surface area contributed by atoms with Gasteiger partial charge in [-0.2, -0.15) is 0 Å². The van der Waals surface area contributed by atoms with E-state index in [2.05, 4.69) is 43.4 Å². The molecule has 0 saturated carbocycles. The van der Waals surface area contributed by atoms with E-state index in [0.717, 1.165) is 18.4 Å². The normalized spacial score (nSPS) is 34.8. The van der Waals surface area contributed by atoms with Crippen molar-refractivity contribution in [1.82, 2.24) is 0 Å². The summed E-state index contributed by atoms with van der Waals surface area (Å²) in [7, 11) is 1.40. The van der Waals surface area contributed by atoms with Crippen LogP contribution in [0, 0.1) is 5.92 Å². The number of esters is 1. The molecule has 0 aromatic heterocycles. The van der Waals surface area contributed by atoms with Crippen LogP contribution in [-0.4, -0.2) is 34.3 Å². The maximum absolute atomic E-state index is 11.9. The van der Waals surface area contributed by atoms with E-state index in [1.54, 1.807) is 6.07 Å². The van der Waals surface area contributed by atoms with Crippen LogP contribution in [0.4, 0.5) is 0 Å². The number of alkyl halides is 1. The van der Waals surface area contributed by atoms with Gasteiger partial charge in [0.05, 0.1) is 36.6 Å². The van der Waals surface area contributed by atoms with E-state index in [1.165, 1.54) is 7.11 Å². The van der Waals surface area contributed by atoms with Crippen LogP contribution in [0.15, 0.2) is 24.3 Å². The molecule has 1 aromatic carbocycles. The van der Waals surface area contributed by atoms with Gasteiger partial charge in [-0.3, -0.25) is 0 Å². The van der Waals surface area contributed by atoms with Gasteiger partial charge in [0, 0.05) is 10.3 Å². The molecule has 3 rings (SSSR count). The molecule has 2 aliphatic heterocycles. The van der Waals surface area contributed by atoms with Crippen LogP contribution in [0.5, 0.6) is 0 Å². The van der Waals surface area contributed by atoms with Crippen molar-refractivity contribution in [3.63, 3.8) is 0 Å². The maximum Gasteiger partial charge on any atom is 0.338 e. The van der Waals surface area contributed by atoms with Gasteiger partial charge in [0.2, 0.25) is 0 Å². The van der Waals surface area contributed by atoms with Gasteiger partial charge in [-0.15, -0.1) is 0 Å². The Balaban J connectivity index is 1.74. The van der Waals surface area contributed by atoms with Crippen molar-refractivity contribution in [2.24, 2.45) is 5.92 Å². The van der Waals surface area contributed by atoms with E-state index >= 15 is 0 Å². The lowest BCUT2D eigenvalue weighted by Crippen LogP contribution is -2.44. The maximum atomic E-state index is 11.9. The highest BCUT2D eigenvalue weighted by molar-refractivity contribution is 14.1. The number of methoxy groups -OCH3 is 1. The van der Waals surface area contributed by atoms with E-state index in [0.29, 0.717) is 22.0 Å². The molecule has 2 saturated heterocycles. The molecule has 0 N–H and O–H groups in total. The van der Waals surface area contributed by atoms with Crippen molar-refractivity contribution in [3.05, 3.63) is 35.4 Å². The quantitative estimate of drug-likeness (QED) is 0.389. The number of rotatable bonds is 5. The third-order valence-electron chi connectivity index (χ3n) is 5.56. The number of ether oxygens (including phenoxy) is 3. The van der Waals surface area contributed by atoms with Gasteiger partial charge in [0.25, 0.3) is 0 Å². The fourth-order valence-electron chi connectivity index (χ4n) is 4.04. The Morgan fingerprint density at radius 3 is 2.71 bits per heavy atom. The molecule has 0 radical (unpaired) electrons. The van der Waals surface area contributed by atoms with Crippen molar-refractivity contribution in [3.8, 4) is 0 Å². The first-order chi connectivity index (χ1) is 11.3. The number of hydrogen-bond donors (Lipinski definition) is 0. The summed E-state index contributed by atoms with van der Waals surface area (Å²) in [6.07, 6.45) is 1.97. The van der Waals surface area contributed by atoms with Crippen molar-refractivity contribution >= 4 is 28.6 Å². The highest BCUT2D eigenvalue weighted by Gasteiger charge is 2.65. The number of carbonyl (C=O) groups is 1. The summed E-state index contributed by atoms with van der Waals surface area (Å²) in [6, 6.07) is 7.45. The first-order valence-electron chi connectivity index (χ1n) is 8.44. The average Bonchev–Trinajstić information content (AvgIpc) is 3.00. The van der Waals surface area contributed by atoms with Crippen molar-refractivity contribution in [1.29, 1.82) is 0 Å². The average molecular weight is 444 g/mol. The predicted molar refractivity (Wildman–Crippen MR) is 100 cm³/mol. The Kier molecular flexibility index (Phi) is 4.97. The van der Waals surface area contributed by atoms with E-state index in [9.17, 15) is 4.79 Å². The van der Waals surface area contributed by atoms with Crippen LogP contribution in [-0.2, 0) is 20.8 Å². The van der Waals surface area contributed by atoms with E-state index in [4.69, 9.17) is 14.2 Å². The van der Waals surface area contributed by atoms with Crippen LogP contribution in [0.3, 0.4) is 0 Å². The minimum Gasteiger partial charge on any atom is -0.465 e. The summed E-state index contributed by atoms with van der Waals surface area (Å²) in [5.41, 5.74) is 1.10. The molecule has 2 bridgehead atoms. The van der Waals surface area contributed by atoms with Gasteiger partial charge in [-0.25, -0.2) is 4.79 Å². The third-order valence-corrected chi connectivity index (χ3v) is 7.06. The van der Waals surface area contributed by atoms with Gasteiger partial charge in [-0.05, 0) is 30.9 Å². The minimum absolute atomic E-state index is 0.0524. The van der Waals surface area contributed by atoms with Crippen LogP contribution in [0.1, 0.15) is 49.5 Å². The molecule has 2 aliphatic rings. The first-order valence-corrected chi connectivity index (χ1v) is 9.69. The lowest BCUT2D eigenvalue weighted by Gasteiger charge is -2.35. The van der Waals surface area contributed by atoms with Gasteiger partial charge >= 0.3 is 5.97 Å². The predicted octanol–water partition coefficient (Wildman–Crippen LogP) is 4.14. The summed E-state index contributed by atoms with van der Waals surface area (Å²) < 4.78 is 18.1. The molecule has 2 heterocycles. The van der Waals surface area contributed by atoms with E-state index in [1.807, 2.05) is 18.2 Å². The molecule has 24 heavy (non-hydrogen) atoms. The van der Waals surface area contributed by atoms with Gasteiger partial charge in [0.1, 0.15) is 0 Å². The summed E-state index contributed by atoms with van der Waals surface area (Å²) in [6.45, 7) is 7.01. The molecule has 4 atom stereocenters. The molecular weight excluding hydrogens is 419 g/mol. The molecule has 4 nitrogen and oxygen atoms in total. The summed E-state index contributed by atoms with van der Waals surface area (Å²) >= 11 is 2.53. The van der Waals surface area contributed by atoms with Crippen LogP contribution in [0.2, 0.25) is 0 Å². The van der Waals surface area contributed by atoms with Gasteiger partial charge in [0.15, 0.2) is 0 Å². The second-order valence-electron chi connectivity index (χ2n) is 7.35. The molecule has 0 amide bonds. The molecule has 5 heteroatoms. The summed E-state index contributed by atoms with van der Waals surface area (Å²) in [5, 5.41) is 0. The highest BCUT2D eigenvalue weighted by atomic mass is 127. The Labute approximate surface area is 157 Å². The molecule has 4 unspecified atom stereocenters. The first kappa shape index (κ1) is 18.1. The SMILES string of the molecule is COC(=O)c1ccccc1COC1CC2(C(C)C)OC1(C)CC2I. The minimum atomic E-state index is -0.324. The van der Waals surface area contributed by atoms with Crippen LogP contribution in [0.25, 0.3) is 0 Å². The Bertz CT molecular complexity index is 632. The molecule has 132 valence electrons. The molecule has 2 fully saturated rings. The third kappa shape index (κ3) is 2.88.